The van der Waals surface area contributed by atoms with Gasteiger partial charge >= 0.3 is 0 Å². The largest absolute Gasteiger partial charge is 0.497 e. The molecule has 0 atom stereocenters. The van der Waals surface area contributed by atoms with Crippen LogP contribution in [0.3, 0.4) is 0 Å². The van der Waals surface area contributed by atoms with Gasteiger partial charge in [-0.2, -0.15) is 0 Å². The smallest absolute Gasteiger partial charge is 0.234 e. The average Bonchev–Trinajstić information content (AvgIpc) is 3.16. The second kappa shape index (κ2) is 8.34. The lowest BCUT2D eigenvalue weighted by atomic mass is 9.85. The van der Waals surface area contributed by atoms with Crippen LogP contribution >= 0.6 is 15.9 Å². The van der Waals surface area contributed by atoms with Crippen molar-refractivity contribution in [2.45, 2.75) is 38.5 Å². The van der Waals surface area contributed by atoms with Crippen LogP contribution in [0.4, 0.5) is 11.4 Å². The lowest BCUT2D eigenvalue weighted by Gasteiger charge is -2.16. The van der Waals surface area contributed by atoms with E-state index in [4.69, 9.17) is 4.74 Å². The van der Waals surface area contributed by atoms with Gasteiger partial charge in [-0.15, -0.1) is 0 Å². The number of amides is 2. The molecule has 0 unspecified atom stereocenters. The first-order valence-corrected chi connectivity index (χ1v) is 11.6. The summed E-state index contributed by atoms with van der Waals surface area (Å²) in [5.74, 6) is 0.951. The normalized spacial score (nSPS) is 16.7. The maximum Gasteiger partial charge on any atom is 0.234 e. The highest BCUT2D eigenvalue weighted by molar-refractivity contribution is 9.10. The van der Waals surface area contributed by atoms with Gasteiger partial charge in [0.25, 0.3) is 0 Å². The number of rotatable bonds is 2. The first kappa shape index (κ1) is 23.1. The molecule has 0 saturated carbocycles. The quantitative estimate of drug-likeness (QED) is 0.430. The summed E-state index contributed by atoms with van der Waals surface area (Å²) in [5, 5.41) is 5.78. The molecule has 2 aliphatic rings. The number of methoxy groups -OCH3 is 1. The first-order chi connectivity index (χ1) is 15.5. The van der Waals surface area contributed by atoms with Crippen molar-refractivity contribution >= 4 is 39.1 Å². The third-order valence-electron chi connectivity index (χ3n) is 6.38. The Balaban J connectivity index is 0.000000172. The van der Waals surface area contributed by atoms with E-state index in [0.717, 1.165) is 43.9 Å². The zero-order chi connectivity index (χ0) is 24.0. The zero-order valence-corrected chi connectivity index (χ0v) is 21.0. The predicted molar refractivity (Wildman–Crippen MR) is 136 cm³/mol. The summed E-state index contributed by atoms with van der Waals surface area (Å²) in [6.07, 6.45) is 0. The molecule has 5 nitrogen and oxygen atoms in total. The van der Waals surface area contributed by atoms with Crippen LogP contribution in [0, 0.1) is 0 Å². The molecule has 5 rings (SSSR count). The maximum atomic E-state index is 12.0. The van der Waals surface area contributed by atoms with Gasteiger partial charge in [-0.3, -0.25) is 9.59 Å². The molecule has 0 radical (unpaired) electrons. The highest BCUT2D eigenvalue weighted by Crippen LogP contribution is 2.40. The van der Waals surface area contributed by atoms with Gasteiger partial charge in [0.1, 0.15) is 5.75 Å². The van der Waals surface area contributed by atoms with Gasteiger partial charge in [-0.1, -0.05) is 34.1 Å². The Morgan fingerprint density at radius 1 is 0.727 bits per heavy atom. The van der Waals surface area contributed by atoms with Crippen molar-refractivity contribution in [2.75, 3.05) is 17.7 Å². The predicted octanol–water partition coefficient (Wildman–Crippen LogP) is 6.27. The fourth-order valence-electron chi connectivity index (χ4n) is 4.10. The number of carbonyl (C=O) groups excluding carboxylic acids is 2. The molecular weight excluding hydrogens is 480 g/mol. The first-order valence-electron chi connectivity index (χ1n) is 10.8. The molecule has 3 aromatic carbocycles. The summed E-state index contributed by atoms with van der Waals surface area (Å²) in [4.78, 5) is 23.5. The standard InChI is InChI=1S/C17H17NO2.C10H10BrNO/c1-17(2)14-10-12(7-8-15(14)18-16(17)19)11-5-4-6-13(9-11)20-3;1-10(2)7-5-6(11)3-4-8(7)12-9(10)13/h4-10H,1-3H3,(H,18,19);3-5H,1-2H3,(H,12,13). The molecule has 2 heterocycles. The monoisotopic (exact) mass is 506 g/mol. The van der Waals surface area contributed by atoms with E-state index in [0.29, 0.717) is 0 Å². The van der Waals surface area contributed by atoms with Gasteiger partial charge in [0, 0.05) is 15.8 Å². The lowest BCUT2D eigenvalue weighted by molar-refractivity contribution is -0.120. The Morgan fingerprint density at radius 2 is 1.27 bits per heavy atom. The number of ether oxygens (including phenoxy) is 1. The number of nitrogens with one attached hydrogen (secondary N) is 2. The summed E-state index contributed by atoms with van der Waals surface area (Å²) < 4.78 is 6.27. The van der Waals surface area contributed by atoms with Crippen molar-refractivity contribution < 1.29 is 14.3 Å². The van der Waals surface area contributed by atoms with E-state index < -0.39 is 10.8 Å². The van der Waals surface area contributed by atoms with E-state index in [-0.39, 0.29) is 11.8 Å². The topological polar surface area (TPSA) is 67.4 Å². The fourth-order valence-corrected chi connectivity index (χ4v) is 4.46. The van der Waals surface area contributed by atoms with Crippen molar-refractivity contribution in [3.05, 3.63) is 76.3 Å². The summed E-state index contributed by atoms with van der Waals surface area (Å²) in [7, 11) is 1.66. The molecule has 2 aliphatic heterocycles. The number of halogens is 1. The van der Waals surface area contributed by atoms with Crippen LogP contribution in [0.5, 0.6) is 5.75 Å². The molecule has 2 amide bonds. The van der Waals surface area contributed by atoms with Gasteiger partial charge in [0.05, 0.1) is 17.9 Å². The van der Waals surface area contributed by atoms with Crippen molar-refractivity contribution in [2.24, 2.45) is 0 Å². The third-order valence-corrected chi connectivity index (χ3v) is 6.88. The average molecular weight is 507 g/mol. The van der Waals surface area contributed by atoms with Crippen molar-refractivity contribution in [1.82, 2.24) is 0 Å². The number of hydrogen-bond acceptors (Lipinski definition) is 3. The molecule has 3 aromatic rings. The molecule has 0 fully saturated rings. The van der Waals surface area contributed by atoms with Crippen molar-refractivity contribution in [3.8, 4) is 16.9 Å². The van der Waals surface area contributed by atoms with Crippen LogP contribution in [0.25, 0.3) is 11.1 Å². The Kier molecular flexibility index (Phi) is 5.83. The van der Waals surface area contributed by atoms with Crippen LogP contribution in [-0.4, -0.2) is 18.9 Å². The zero-order valence-electron chi connectivity index (χ0n) is 19.4. The molecule has 0 bridgehead atoms. The van der Waals surface area contributed by atoms with E-state index in [2.05, 4.69) is 32.6 Å². The van der Waals surface area contributed by atoms with Crippen LogP contribution in [0.1, 0.15) is 38.8 Å². The Bertz CT molecular complexity index is 1260. The van der Waals surface area contributed by atoms with Gasteiger partial charge in [0.2, 0.25) is 11.8 Å². The van der Waals surface area contributed by atoms with Gasteiger partial charge in [-0.25, -0.2) is 0 Å². The Labute approximate surface area is 202 Å². The van der Waals surface area contributed by atoms with Crippen LogP contribution in [0.2, 0.25) is 0 Å². The summed E-state index contributed by atoms with van der Waals surface area (Å²) in [6.45, 7) is 7.76. The van der Waals surface area contributed by atoms with Gasteiger partial charge < -0.3 is 15.4 Å². The van der Waals surface area contributed by atoms with Crippen LogP contribution in [-0.2, 0) is 20.4 Å². The summed E-state index contributed by atoms with van der Waals surface area (Å²) in [5.41, 5.74) is 5.23. The van der Waals surface area contributed by atoms with Gasteiger partial charge in [0.15, 0.2) is 0 Å². The fraction of sp³-hybridized carbons (Fsp3) is 0.259. The molecule has 33 heavy (non-hydrogen) atoms. The van der Waals surface area contributed by atoms with E-state index in [9.17, 15) is 9.59 Å². The molecule has 0 aromatic heterocycles. The van der Waals surface area contributed by atoms with Crippen molar-refractivity contribution in [3.63, 3.8) is 0 Å². The maximum absolute atomic E-state index is 12.0. The second-order valence-corrected chi connectivity index (χ2v) is 10.3. The number of fused-ring (bicyclic) bond motifs is 2. The number of hydrogen-bond donors (Lipinski definition) is 2. The highest BCUT2D eigenvalue weighted by Gasteiger charge is 2.39. The minimum atomic E-state index is -0.482. The third kappa shape index (κ3) is 4.15. The van der Waals surface area contributed by atoms with E-state index >= 15 is 0 Å². The lowest BCUT2D eigenvalue weighted by Crippen LogP contribution is -2.26. The number of benzene rings is 3. The molecule has 170 valence electrons. The van der Waals surface area contributed by atoms with E-state index in [1.165, 1.54) is 0 Å². The SMILES string of the molecule is CC1(C)C(=O)Nc2ccc(Br)cc21.COc1cccc(-c2ccc3c(c2)C(C)(C)C(=O)N3)c1. The number of anilines is 2. The molecule has 0 saturated heterocycles. The van der Waals surface area contributed by atoms with E-state index in [1.807, 2.05) is 82.3 Å². The minimum absolute atomic E-state index is 0.0512. The Hall–Kier alpha value is -3.12. The van der Waals surface area contributed by atoms with Crippen LogP contribution in [0.15, 0.2) is 65.1 Å². The summed E-state index contributed by atoms with van der Waals surface area (Å²) >= 11 is 3.40. The summed E-state index contributed by atoms with van der Waals surface area (Å²) in [6, 6.07) is 19.9. The van der Waals surface area contributed by atoms with E-state index in [1.54, 1.807) is 7.11 Å². The number of carbonyl (C=O) groups is 2. The molecular formula is C27H27BrN2O3. The molecule has 2 N–H and O–H groups in total. The van der Waals surface area contributed by atoms with Crippen LogP contribution < -0.4 is 15.4 Å². The van der Waals surface area contributed by atoms with Crippen molar-refractivity contribution in [1.29, 1.82) is 0 Å². The second-order valence-electron chi connectivity index (χ2n) is 9.34. The molecule has 6 heteroatoms. The highest BCUT2D eigenvalue weighted by atomic mass is 79.9. The minimum Gasteiger partial charge on any atom is -0.497 e. The molecule has 0 spiro atoms. The van der Waals surface area contributed by atoms with Gasteiger partial charge in [-0.05, 0) is 92.4 Å². The Morgan fingerprint density at radius 3 is 1.88 bits per heavy atom. The molecule has 0 aliphatic carbocycles.